The van der Waals surface area contributed by atoms with Crippen molar-refractivity contribution >= 4 is 57.6 Å². The Kier molecular flexibility index (Phi) is 6.99. The van der Waals surface area contributed by atoms with Gasteiger partial charge in [0, 0.05) is 18.0 Å². The molecule has 0 spiro atoms. The van der Waals surface area contributed by atoms with Crippen molar-refractivity contribution in [2.75, 3.05) is 30.6 Å². The molecule has 0 saturated carbocycles. The Hall–Kier alpha value is -3.69. The molecule has 0 aromatic heterocycles. The van der Waals surface area contributed by atoms with E-state index in [1.54, 1.807) is 55.0 Å². The van der Waals surface area contributed by atoms with E-state index in [1.807, 2.05) is 61.3 Å². The van der Waals surface area contributed by atoms with E-state index >= 15 is 0 Å². The van der Waals surface area contributed by atoms with Crippen LogP contribution in [0.4, 0.5) is 17.1 Å². The standard InChI is InChI=1S/C28H25N3O4S2/c1-5-35-27(33)18-8-10-19(11-9-18)29-28-31(20-12-6-17(2)7-13-20)25(32)24(37-28)26-30(3)22-16-21(34-4)14-15-23(22)36-26/h6-16H,5H2,1-4H3. The van der Waals surface area contributed by atoms with Crippen molar-refractivity contribution in [3.63, 3.8) is 0 Å². The van der Waals surface area contributed by atoms with Gasteiger partial charge in [-0.15, -0.1) is 0 Å². The number of nitrogens with zero attached hydrogens (tertiary/aromatic N) is 3. The van der Waals surface area contributed by atoms with Gasteiger partial charge >= 0.3 is 5.97 Å². The number of anilines is 2. The lowest BCUT2D eigenvalue weighted by atomic mass is 10.2. The molecule has 9 heteroatoms. The van der Waals surface area contributed by atoms with Crippen LogP contribution in [-0.4, -0.2) is 37.8 Å². The van der Waals surface area contributed by atoms with Crippen LogP contribution in [0.2, 0.25) is 0 Å². The summed E-state index contributed by atoms with van der Waals surface area (Å²) in [4.78, 5) is 36.0. The van der Waals surface area contributed by atoms with E-state index < -0.39 is 0 Å². The minimum Gasteiger partial charge on any atom is -0.497 e. The van der Waals surface area contributed by atoms with Crippen molar-refractivity contribution in [3.8, 4) is 5.75 Å². The van der Waals surface area contributed by atoms with Gasteiger partial charge in [0.15, 0.2) is 5.17 Å². The third-order valence-corrected chi connectivity index (χ3v) is 8.30. The van der Waals surface area contributed by atoms with E-state index in [4.69, 9.17) is 14.5 Å². The van der Waals surface area contributed by atoms with Crippen molar-refractivity contribution in [1.82, 2.24) is 0 Å². The molecule has 5 rings (SSSR count). The van der Waals surface area contributed by atoms with E-state index in [0.717, 1.165) is 32.6 Å². The minimum absolute atomic E-state index is 0.134. The van der Waals surface area contributed by atoms with E-state index in [9.17, 15) is 9.59 Å². The highest BCUT2D eigenvalue weighted by Crippen LogP contribution is 2.51. The van der Waals surface area contributed by atoms with Crippen LogP contribution in [0, 0.1) is 6.92 Å². The fourth-order valence-corrected chi connectivity index (χ4v) is 6.27. The van der Waals surface area contributed by atoms with Crippen molar-refractivity contribution in [2.24, 2.45) is 4.99 Å². The SMILES string of the molecule is CCOC(=O)c1ccc(N=C2SC(=C3Sc4ccc(OC)cc4N3C)C(=O)N2c2ccc(C)cc2)cc1. The number of hydrogen-bond donors (Lipinski definition) is 0. The molecule has 0 unspecified atom stereocenters. The van der Waals surface area contributed by atoms with Gasteiger partial charge in [-0.05, 0) is 74.1 Å². The predicted molar refractivity (Wildman–Crippen MR) is 150 cm³/mol. The molecule has 2 aliphatic heterocycles. The van der Waals surface area contributed by atoms with E-state index in [1.165, 1.54) is 11.8 Å². The van der Waals surface area contributed by atoms with Crippen molar-refractivity contribution in [3.05, 3.63) is 87.8 Å². The van der Waals surface area contributed by atoms with Crippen LogP contribution in [0.1, 0.15) is 22.8 Å². The smallest absolute Gasteiger partial charge is 0.338 e. The highest BCUT2D eigenvalue weighted by molar-refractivity contribution is 8.20. The van der Waals surface area contributed by atoms with Gasteiger partial charge in [0.05, 0.1) is 41.4 Å². The molecular weight excluding hydrogens is 506 g/mol. The molecule has 37 heavy (non-hydrogen) atoms. The first-order valence-corrected chi connectivity index (χ1v) is 13.3. The van der Waals surface area contributed by atoms with Crippen molar-refractivity contribution < 1.29 is 19.1 Å². The lowest BCUT2D eigenvalue weighted by Gasteiger charge is -2.17. The molecule has 0 bridgehead atoms. The summed E-state index contributed by atoms with van der Waals surface area (Å²) in [5.74, 6) is 0.250. The Labute approximate surface area is 224 Å². The zero-order valence-corrected chi connectivity index (χ0v) is 22.5. The number of methoxy groups -OCH3 is 1. The molecule has 7 nitrogen and oxygen atoms in total. The number of rotatable bonds is 5. The van der Waals surface area contributed by atoms with Gasteiger partial charge < -0.3 is 14.4 Å². The quantitative estimate of drug-likeness (QED) is 0.280. The predicted octanol–water partition coefficient (Wildman–Crippen LogP) is 6.36. The molecule has 1 fully saturated rings. The van der Waals surface area contributed by atoms with Crippen LogP contribution >= 0.6 is 23.5 Å². The molecule has 3 aromatic rings. The molecule has 0 N–H and O–H groups in total. The fraction of sp³-hybridized carbons (Fsp3) is 0.179. The first-order chi connectivity index (χ1) is 17.9. The monoisotopic (exact) mass is 531 g/mol. The number of thioether (sulfide) groups is 2. The first-order valence-electron chi connectivity index (χ1n) is 11.7. The van der Waals surface area contributed by atoms with Gasteiger partial charge in [-0.2, -0.15) is 0 Å². The largest absolute Gasteiger partial charge is 0.497 e. The van der Waals surface area contributed by atoms with E-state index in [-0.39, 0.29) is 11.9 Å². The second kappa shape index (κ2) is 10.4. The van der Waals surface area contributed by atoms with Crippen LogP contribution in [0.5, 0.6) is 5.75 Å². The summed E-state index contributed by atoms with van der Waals surface area (Å²) in [6, 6.07) is 20.6. The summed E-state index contributed by atoms with van der Waals surface area (Å²) >= 11 is 2.90. The first kappa shape index (κ1) is 25.0. The minimum atomic E-state index is -0.377. The summed E-state index contributed by atoms with van der Waals surface area (Å²) in [5.41, 5.74) is 3.92. The maximum Gasteiger partial charge on any atom is 0.338 e. The maximum absolute atomic E-state index is 13.9. The Morgan fingerprint density at radius 2 is 1.73 bits per heavy atom. The summed E-state index contributed by atoms with van der Waals surface area (Å²) < 4.78 is 10.5. The fourth-order valence-electron chi connectivity index (χ4n) is 3.95. The number of carbonyl (C=O) groups excluding carboxylic acids is 2. The van der Waals surface area contributed by atoms with Crippen LogP contribution < -0.4 is 14.5 Å². The summed E-state index contributed by atoms with van der Waals surface area (Å²) in [6.07, 6.45) is 0. The number of hydrogen-bond acceptors (Lipinski definition) is 8. The molecule has 1 amide bonds. The molecule has 3 aromatic carbocycles. The molecular formula is C28H25N3O4S2. The highest BCUT2D eigenvalue weighted by Gasteiger charge is 2.40. The van der Waals surface area contributed by atoms with Crippen LogP contribution in [0.3, 0.4) is 0 Å². The third kappa shape index (κ3) is 4.84. The molecule has 0 aliphatic carbocycles. The summed E-state index contributed by atoms with van der Waals surface area (Å²) in [6.45, 7) is 4.09. The van der Waals surface area contributed by atoms with Gasteiger partial charge in [-0.1, -0.05) is 29.5 Å². The number of carbonyl (C=O) groups is 2. The van der Waals surface area contributed by atoms with Gasteiger partial charge in [0.25, 0.3) is 5.91 Å². The Balaban J connectivity index is 1.54. The summed E-state index contributed by atoms with van der Waals surface area (Å²) in [5, 5.41) is 1.39. The van der Waals surface area contributed by atoms with Crippen LogP contribution in [0.15, 0.2) is 86.6 Å². The number of fused-ring (bicyclic) bond motifs is 1. The average Bonchev–Trinajstić information content (AvgIpc) is 3.40. The van der Waals surface area contributed by atoms with E-state index in [0.29, 0.717) is 27.9 Å². The highest BCUT2D eigenvalue weighted by atomic mass is 32.2. The number of esters is 1. The lowest BCUT2D eigenvalue weighted by Crippen LogP contribution is -2.29. The maximum atomic E-state index is 13.9. The normalized spacial score (nSPS) is 17.9. The van der Waals surface area contributed by atoms with Crippen LogP contribution in [0.25, 0.3) is 0 Å². The number of benzene rings is 3. The molecule has 2 aliphatic rings. The molecule has 0 atom stereocenters. The van der Waals surface area contributed by atoms with Crippen molar-refractivity contribution in [1.29, 1.82) is 0 Å². The molecule has 188 valence electrons. The number of aliphatic imine (C=N–C) groups is 1. The number of aryl methyl sites for hydroxylation is 1. The number of ether oxygens (including phenoxy) is 2. The zero-order valence-electron chi connectivity index (χ0n) is 20.8. The van der Waals surface area contributed by atoms with E-state index in [2.05, 4.69) is 0 Å². The summed E-state index contributed by atoms with van der Waals surface area (Å²) in [7, 11) is 3.59. The van der Waals surface area contributed by atoms with Gasteiger partial charge in [0.2, 0.25) is 0 Å². The van der Waals surface area contributed by atoms with Crippen LogP contribution in [-0.2, 0) is 9.53 Å². The second-order valence-electron chi connectivity index (χ2n) is 8.37. The molecule has 1 saturated heterocycles. The number of amides is 1. The molecule has 2 heterocycles. The van der Waals surface area contributed by atoms with Gasteiger partial charge in [-0.25, -0.2) is 9.79 Å². The van der Waals surface area contributed by atoms with Gasteiger partial charge in [-0.3, -0.25) is 9.69 Å². The Morgan fingerprint density at radius 1 is 1.00 bits per heavy atom. The van der Waals surface area contributed by atoms with Crippen molar-refractivity contribution in [2.45, 2.75) is 18.7 Å². The Morgan fingerprint density at radius 3 is 2.41 bits per heavy atom. The lowest BCUT2D eigenvalue weighted by molar-refractivity contribution is -0.113. The average molecular weight is 532 g/mol. The zero-order chi connectivity index (χ0) is 26.1. The topological polar surface area (TPSA) is 71.4 Å². The van der Waals surface area contributed by atoms with Gasteiger partial charge in [0.1, 0.15) is 10.7 Å². The Bertz CT molecular complexity index is 1430. The second-order valence-corrected chi connectivity index (χ2v) is 10.4. The number of amidine groups is 1. The molecule has 0 radical (unpaired) electrons. The third-order valence-electron chi connectivity index (χ3n) is 5.91.